The van der Waals surface area contributed by atoms with Gasteiger partial charge < -0.3 is 10.1 Å². The Balaban J connectivity index is 1.73. The fourth-order valence-electron chi connectivity index (χ4n) is 2.29. The van der Waals surface area contributed by atoms with E-state index in [1.54, 1.807) is 29.3 Å². The van der Waals surface area contributed by atoms with Gasteiger partial charge in [0, 0.05) is 30.7 Å². The molecule has 1 amide bonds. The summed E-state index contributed by atoms with van der Waals surface area (Å²) in [6, 6.07) is 6.51. The lowest BCUT2D eigenvalue weighted by Crippen LogP contribution is -2.15. The summed E-state index contributed by atoms with van der Waals surface area (Å²) in [5.74, 6) is -0.784. The molecule has 0 saturated carbocycles. The predicted molar refractivity (Wildman–Crippen MR) is 92.4 cm³/mol. The van der Waals surface area contributed by atoms with Gasteiger partial charge in [0.1, 0.15) is 19.0 Å². The highest BCUT2D eigenvalue weighted by Crippen LogP contribution is 2.26. The van der Waals surface area contributed by atoms with Crippen LogP contribution in [0.1, 0.15) is 10.5 Å². The van der Waals surface area contributed by atoms with Crippen molar-refractivity contribution in [2.75, 3.05) is 11.9 Å². The standard InChI is InChI=1S/C16H14F2N6O4/c17-15(18)9-28-13-7-11(6-12(8-13)24(26)27)20-16(25)14-2-5-23(21-14)10-22-4-1-3-19-22/h1-8,15H,9-10H2,(H,20,25). The van der Waals surface area contributed by atoms with Gasteiger partial charge >= 0.3 is 0 Å². The topological polar surface area (TPSA) is 117 Å². The minimum absolute atomic E-state index is 0.0186. The van der Waals surface area contributed by atoms with Gasteiger partial charge in [-0.15, -0.1) is 0 Å². The Labute approximate surface area is 156 Å². The highest BCUT2D eigenvalue weighted by molar-refractivity contribution is 6.03. The molecule has 0 radical (unpaired) electrons. The molecule has 0 spiro atoms. The van der Waals surface area contributed by atoms with Crippen LogP contribution in [0, 0.1) is 10.1 Å². The van der Waals surface area contributed by atoms with Crippen LogP contribution in [0.15, 0.2) is 48.9 Å². The smallest absolute Gasteiger partial charge is 0.276 e. The fourth-order valence-corrected chi connectivity index (χ4v) is 2.29. The van der Waals surface area contributed by atoms with Crippen LogP contribution < -0.4 is 10.1 Å². The van der Waals surface area contributed by atoms with E-state index in [4.69, 9.17) is 4.74 Å². The Hall–Kier alpha value is -3.83. The van der Waals surface area contributed by atoms with Crippen molar-refractivity contribution >= 4 is 17.3 Å². The molecule has 3 aromatic rings. The average Bonchev–Trinajstić information content (AvgIpc) is 3.32. The number of aromatic nitrogens is 4. The molecular weight excluding hydrogens is 378 g/mol. The van der Waals surface area contributed by atoms with Gasteiger partial charge in [-0.2, -0.15) is 10.2 Å². The predicted octanol–water partition coefficient (Wildman–Crippen LogP) is 2.39. The lowest BCUT2D eigenvalue weighted by Gasteiger charge is -2.09. The average molecular weight is 392 g/mol. The van der Waals surface area contributed by atoms with Crippen molar-refractivity contribution in [2.45, 2.75) is 13.1 Å². The van der Waals surface area contributed by atoms with Gasteiger partial charge in [0.05, 0.1) is 16.7 Å². The van der Waals surface area contributed by atoms with Crippen LogP contribution in [0.2, 0.25) is 0 Å². The summed E-state index contributed by atoms with van der Waals surface area (Å²) >= 11 is 0. The molecule has 0 unspecified atom stereocenters. The third kappa shape index (κ3) is 4.87. The maximum Gasteiger partial charge on any atom is 0.276 e. The number of nitro benzene ring substituents is 1. The fraction of sp³-hybridized carbons (Fsp3) is 0.188. The highest BCUT2D eigenvalue weighted by atomic mass is 19.3. The van der Waals surface area contributed by atoms with Gasteiger partial charge in [0.15, 0.2) is 5.69 Å². The molecule has 0 aliphatic carbocycles. The Morgan fingerprint density at radius 3 is 2.79 bits per heavy atom. The SMILES string of the molecule is O=C(Nc1cc(OCC(F)F)cc([N+](=O)[O-])c1)c1ccn(Cn2cccn2)n1. The molecular formula is C16H14F2N6O4. The monoisotopic (exact) mass is 392 g/mol. The lowest BCUT2D eigenvalue weighted by atomic mass is 10.2. The molecule has 0 fully saturated rings. The number of hydrogen-bond acceptors (Lipinski definition) is 6. The van der Waals surface area contributed by atoms with Gasteiger partial charge in [0.25, 0.3) is 18.0 Å². The molecule has 3 rings (SSSR count). The summed E-state index contributed by atoms with van der Waals surface area (Å²) in [6.07, 6.45) is 2.16. The number of nitro groups is 1. The van der Waals surface area contributed by atoms with Crippen molar-refractivity contribution in [1.82, 2.24) is 19.6 Å². The Bertz CT molecular complexity index is 973. The summed E-state index contributed by atoms with van der Waals surface area (Å²) in [5, 5.41) is 21.6. The number of rotatable bonds is 8. The molecule has 28 heavy (non-hydrogen) atoms. The lowest BCUT2D eigenvalue weighted by molar-refractivity contribution is -0.384. The normalized spacial score (nSPS) is 10.8. The molecule has 12 heteroatoms. The van der Waals surface area contributed by atoms with Gasteiger partial charge in [-0.1, -0.05) is 0 Å². The molecule has 1 aromatic carbocycles. The molecule has 0 atom stereocenters. The number of amides is 1. The van der Waals surface area contributed by atoms with E-state index in [0.717, 1.165) is 12.1 Å². The molecule has 0 aliphatic rings. The van der Waals surface area contributed by atoms with Crippen LogP contribution in [-0.4, -0.2) is 43.4 Å². The second kappa shape index (κ2) is 8.24. The van der Waals surface area contributed by atoms with Crippen LogP contribution >= 0.6 is 0 Å². The first kappa shape index (κ1) is 18.9. The largest absolute Gasteiger partial charge is 0.487 e. The number of ether oxygens (including phenoxy) is 1. The van der Waals surface area contributed by atoms with E-state index in [1.807, 2.05) is 0 Å². The van der Waals surface area contributed by atoms with E-state index < -0.39 is 29.6 Å². The molecule has 146 valence electrons. The molecule has 0 saturated heterocycles. The van der Waals surface area contributed by atoms with Crippen molar-refractivity contribution < 1.29 is 23.2 Å². The van der Waals surface area contributed by atoms with E-state index in [0.29, 0.717) is 6.67 Å². The molecule has 2 heterocycles. The maximum atomic E-state index is 12.3. The third-order valence-corrected chi connectivity index (χ3v) is 3.46. The molecule has 0 aliphatic heterocycles. The number of non-ortho nitro benzene ring substituents is 1. The second-order valence-electron chi connectivity index (χ2n) is 5.56. The van der Waals surface area contributed by atoms with Crippen molar-refractivity contribution in [3.05, 3.63) is 64.7 Å². The summed E-state index contributed by atoms with van der Waals surface area (Å²) < 4.78 is 32.5. The molecule has 0 bridgehead atoms. The van der Waals surface area contributed by atoms with Crippen molar-refractivity contribution in [2.24, 2.45) is 0 Å². The third-order valence-electron chi connectivity index (χ3n) is 3.46. The second-order valence-corrected chi connectivity index (χ2v) is 5.56. The number of anilines is 1. The van der Waals surface area contributed by atoms with Crippen molar-refractivity contribution in [1.29, 1.82) is 0 Å². The first-order chi connectivity index (χ1) is 13.4. The summed E-state index contributed by atoms with van der Waals surface area (Å²) in [4.78, 5) is 22.6. The van der Waals surface area contributed by atoms with Crippen LogP contribution in [0.4, 0.5) is 20.2 Å². The number of halogens is 2. The molecule has 10 nitrogen and oxygen atoms in total. The molecule has 2 aromatic heterocycles. The number of carbonyl (C=O) groups is 1. The number of benzene rings is 1. The highest BCUT2D eigenvalue weighted by Gasteiger charge is 2.16. The van der Waals surface area contributed by atoms with Gasteiger partial charge in [-0.25, -0.2) is 8.78 Å². The zero-order valence-electron chi connectivity index (χ0n) is 14.2. The number of nitrogens with one attached hydrogen (secondary N) is 1. The first-order valence-corrected chi connectivity index (χ1v) is 7.93. The summed E-state index contributed by atoms with van der Waals surface area (Å²) in [5.41, 5.74) is -0.329. The van der Waals surface area contributed by atoms with E-state index >= 15 is 0 Å². The maximum absolute atomic E-state index is 12.3. The number of hydrogen-bond donors (Lipinski definition) is 1. The summed E-state index contributed by atoms with van der Waals surface area (Å²) in [6.45, 7) is -0.630. The minimum Gasteiger partial charge on any atom is -0.487 e. The quantitative estimate of drug-likeness (QED) is 0.465. The zero-order chi connectivity index (χ0) is 20.1. The van der Waals surface area contributed by atoms with E-state index in [-0.39, 0.29) is 17.1 Å². The number of nitrogens with zero attached hydrogens (tertiary/aromatic N) is 5. The molecule has 1 N–H and O–H groups in total. The van der Waals surface area contributed by atoms with Crippen molar-refractivity contribution in [3.63, 3.8) is 0 Å². The number of carbonyl (C=O) groups excluding carboxylic acids is 1. The van der Waals surface area contributed by atoms with Gasteiger partial charge in [-0.3, -0.25) is 24.3 Å². The zero-order valence-corrected chi connectivity index (χ0v) is 14.2. The van der Waals surface area contributed by atoms with Gasteiger partial charge in [-0.05, 0) is 12.1 Å². The van der Waals surface area contributed by atoms with E-state index in [9.17, 15) is 23.7 Å². The van der Waals surface area contributed by atoms with Crippen molar-refractivity contribution in [3.8, 4) is 5.75 Å². The van der Waals surface area contributed by atoms with Crippen LogP contribution in [0.3, 0.4) is 0 Å². The van der Waals surface area contributed by atoms with Crippen LogP contribution in [0.25, 0.3) is 0 Å². The Kier molecular flexibility index (Phi) is 5.58. The van der Waals surface area contributed by atoms with Crippen LogP contribution in [-0.2, 0) is 6.67 Å². The van der Waals surface area contributed by atoms with E-state index in [2.05, 4.69) is 15.5 Å². The Morgan fingerprint density at radius 1 is 1.29 bits per heavy atom. The van der Waals surface area contributed by atoms with E-state index in [1.165, 1.54) is 16.8 Å². The summed E-state index contributed by atoms with van der Waals surface area (Å²) in [7, 11) is 0. The van der Waals surface area contributed by atoms with Crippen LogP contribution in [0.5, 0.6) is 5.75 Å². The number of alkyl halides is 2. The first-order valence-electron chi connectivity index (χ1n) is 7.93. The minimum atomic E-state index is -2.74. The Morgan fingerprint density at radius 2 is 2.11 bits per heavy atom. The van der Waals surface area contributed by atoms with Gasteiger partial charge in [0.2, 0.25) is 0 Å².